The molecule has 3 aliphatic rings. The topological polar surface area (TPSA) is 132 Å². The van der Waals surface area contributed by atoms with Crippen molar-refractivity contribution >= 4 is 51.6 Å². The predicted molar refractivity (Wildman–Crippen MR) is 192 cm³/mol. The highest BCUT2D eigenvalue weighted by Gasteiger charge is 2.48. The fourth-order valence-electron chi connectivity index (χ4n) is 7.83. The summed E-state index contributed by atoms with van der Waals surface area (Å²) in [4.78, 5) is 44.2. The number of nitrogens with two attached hydrogens (primary N) is 1. The number of hydrogen-bond acceptors (Lipinski definition) is 7. The van der Waals surface area contributed by atoms with Crippen LogP contribution in [0.3, 0.4) is 0 Å². The molecule has 2 saturated heterocycles. The number of carbonyl (C=O) groups excluding carboxylic acids is 3. The molecule has 1 saturated carbocycles. The highest BCUT2D eigenvalue weighted by atomic mass is 35.5. The van der Waals surface area contributed by atoms with Crippen LogP contribution in [0.2, 0.25) is 5.02 Å². The Morgan fingerprint density at radius 1 is 1.10 bits per heavy atom. The number of likely N-dealkylation sites (tertiary alicyclic amines) is 1. The van der Waals surface area contributed by atoms with E-state index < -0.39 is 5.91 Å². The molecule has 1 aliphatic carbocycles. The van der Waals surface area contributed by atoms with Crippen molar-refractivity contribution in [3.8, 4) is 11.1 Å². The Kier molecular flexibility index (Phi) is 9.79. The van der Waals surface area contributed by atoms with E-state index in [9.17, 15) is 14.4 Å². The Labute approximate surface area is 295 Å². The maximum Gasteiger partial charge on any atom is 0.280 e. The minimum atomic E-state index is -0.464. The molecule has 0 unspecified atom stereocenters. The van der Waals surface area contributed by atoms with Crippen LogP contribution in [-0.4, -0.2) is 71.6 Å². The Bertz CT molecular complexity index is 1870. The SMILES string of the molecule is Cc1csc(C(=O)NCCN2CCC3(CC2)CC(C(=O)NCc2ccc4c(-c5cccc(C(N)=O)c5)cn(C5CCOCC5)c4c2Cl)C3)n1. The van der Waals surface area contributed by atoms with Gasteiger partial charge < -0.3 is 30.6 Å². The fraction of sp³-hybridized carbons (Fsp3) is 0.459. The van der Waals surface area contributed by atoms with Gasteiger partial charge in [0, 0.05) is 78.6 Å². The number of fused-ring (bicyclic) bond motifs is 1. The zero-order valence-electron chi connectivity index (χ0n) is 27.8. The van der Waals surface area contributed by atoms with Crippen molar-refractivity contribution in [2.24, 2.45) is 17.1 Å². The summed E-state index contributed by atoms with van der Waals surface area (Å²) in [6.07, 6.45) is 7.88. The highest BCUT2D eigenvalue weighted by molar-refractivity contribution is 7.11. The number of piperidine rings is 1. The van der Waals surface area contributed by atoms with E-state index in [1.54, 1.807) is 6.07 Å². The van der Waals surface area contributed by atoms with Crippen LogP contribution in [0.1, 0.15) is 76.0 Å². The van der Waals surface area contributed by atoms with Gasteiger partial charge in [-0.2, -0.15) is 0 Å². The number of benzene rings is 2. The van der Waals surface area contributed by atoms with Crippen LogP contribution in [0, 0.1) is 18.3 Å². The van der Waals surface area contributed by atoms with Crippen molar-refractivity contribution in [3.05, 3.63) is 74.8 Å². The number of nitrogens with one attached hydrogen (secondary N) is 2. The fourth-order valence-corrected chi connectivity index (χ4v) is 8.87. The quantitative estimate of drug-likeness (QED) is 0.194. The van der Waals surface area contributed by atoms with Crippen LogP contribution in [0.5, 0.6) is 0 Å². The Morgan fingerprint density at radius 3 is 2.59 bits per heavy atom. The van der Waals surface area contributed by atoms with Crippen molar-refractivity contribution in [1.29, 1.82) is 0 Å². The number of ether oxygens (including phenoxy) is 1. The van der Waals surface area contributed by atoms with Gasteiger partial charge >= 0.3 is 0 Å². The van der Waals surface area contributed by atoms with Crippen molar-refractivity contribution in [2.45, 2.75) is 58.0 Å². The number of aryl methyl sites for hydroxylation is 1. The van der Waals surface area contributed by atoms with Crippen LogP contribution >= 0.6 is 22.9 Å². The van der Waals surface area contributed by atoms with E-state index in [2.05, 4.69) is 37.3 Å². The van der Waals surface area contributed by atoms with Crippen molar-refractivity contribution in [3.63, 3.8) is 0 Å². The van der Waals surface area contributed by atoms with Crippen molar-refractivity contribution in [2.75, 3.05) is 39.4 Å². The zero-order chi connectivity index (χ0) is 34.1. The first-order chi connectivity index (χ1) is 23.7. The normalized spacial score (nSPS) is 18.4. The molecule has 0 radical (unpaired) electrons. The van der Waals surface area contributed by atoms with Crippen LogP contribution in [0.15, 0.2) is 48.0 Å². The molecule has 2 aromatic heterocycles. The van der Waals surface area contributed by atoms with E-state index in [-0.39, 0.29) is 29.2 Å². The number of thiazole rings is 1. The lowest BCUT2D eigenvalue weighted by Gasteiger charge is -2.51. The average Bonchev–Trinajstić information content (AvgIpc) is 3.72. The molecule has 0 atom stereocenters. The monoisotopic (exact) mass is 702 g/mol. The third-order valence-corrected chi connectivity index (χ3v) is 12.1. The van der Waals surface area contributed by atoms with Gasteiger partial charge in [0.25, 0.3) is 5.91 Å². The molecule has 3 fully saturated rings. The average molecular weight is 703 g/mol. The van der Waals surface area contributed by atoms with E-state index >= 15 is 0 Å². The number of halogens is 1. The smallest absolute Gasteiger partial charge is 0.280 e. The first-order valence-corrected chi connectivity index (χ1v) is 18.5. The summed E-state index contributed by atoms with van der Waals surface area (Å²) >= 11 is 8.54. The zero-order valence-corrected chi connectivity index (χ0v) is 29.4. The van der Waals surface area contributed by atoms with Crippen molar-refractivity contribution < 1.29 is 19.1 Å². The number of rotatable bonds is 10. The van der Waals surface area contributed by atoms with Gasteiger partial charge in [0.2, 0.25) is 11.8 Å². The summed E-state index contributed by atoms with van der Waals surface area (Å²) < 4.78 is 7.91. The first kappa shape index (κ1) is 33.7. The second kappa shape index (κ2) is 14.2. The summed E-state index contributed by atoms with van der Waals surface area (Å²) in [5, 5.41) is 10.2. The molecule has 10 nitrogen and oxygen atoms in total. The predicted octanol–water partition coefficient (Wildman–Crippen LogP) is 5.72. The Hall–Kier alpha value is -3.77. The number of nitrogens with zero attached hydrogens (tertiary/aromatic N) is 3. The molecule has 1 spiro atoms. The summed E-state index contributed by atoms with van der Waals surface area (Å²) in [7, 11) is 0. The molecule has 7 rings (SSSR count). The summed E-state index contributed by atoms with van der Waals surface area (Å²) in [5.74, 6) is -0.459. The Morgan fingerprint density at radius 2 is 1.88 bits per heavy atom. The highest BCUT2D eigenvalue weighted by Crippen LogP contribution is 2.52. The molecule has 4 heterocycles. The van der Waals surface area contributed by atoms with E-state index in [0.29, 0.717) is 41.9 Å². The van der Waals surface area contributed by atoms with Crippen LogP contribution in [-0.2, 0) is 16.1 Å². The molecular formula is C37H43ClN6O4S. The summed E-state index contributed by atoms with van der Waals surface area (Å²) in [5.41, 5.74) is 10.9. The molecule has 4 aromatic rings. The maximum absolute atomic E-state index is 13.3. The number of hydrogen-bond donors (Lipinski definition) is 3. The number of amides is 3. The van der Waals surface area contributed by atoms with Gasteiger partial charge in [-0.3, -0.25) is 14.4 Å². The number of carbonyl (C=O) groups is 3. The van der Waals surface area contributed by atoms with E-state index in [0.717, 1.165) is 91.4 Å². The molecule has 3 amide bonds. The van der Waals surface area contributed by atoms with E-state index in [4.69, 9.17) is 22.1 Å². The molecule has 0 bridgehead atoms. The van der Waals surface area contributed by atoms with Crippen LogP contribution in [0.4, 0.5) is 0 Å². The third-order valence-electron chi connectivity index (χ3n) is 10.7. The molecule has 2 aliphatic heterocycles. The van der Waals surface area contributed by atoms with E-state index in [1.165, 1.54) is 11.3 Å². The van der Waals surface area contributed by atoms with Gasteiger partial charge in [0.05, 0.1) is 10.5 Å². The lowest BCUT2D eigenvalue weighted by molar-refractivity contribution is -0.135. The summed E-state index contributed by atoms with van der Waals surface area (Å²) in [6.45, 7) is 7.03. The molecule has 49 heavy (non-hydrogen) atoms. The molecule has 4 N–H and O–H groups in total. The Balaban J connectivity index is 0.959. The van der Waals surface area contributed by atoms with Gasteiger partial charge in [-0.1, -0.05) is 35.9 Å². The van der Waals surface area contributed by atoms with Gasteiger partial charge in [0.1, 0.15) is 0 Å². The maximum atomic E-state index is 13.3. The van der Waals surface area contributed by atoms with Gasteiger partial charge in [-0.25, -0.2) is 4.98 Å². The standard InChI is InChI=1S/C37H43ClN6O4S/c1-23-22-49-36(42-23)35(47)40-11-14-43-12-9-37(10-13-43)18-27(19-37)34(46)41-20-26-5-6-29-30(24-3-2-4-25(17-24)33(39)45)21-44(32(29)31(26)38)28-7-15-48-16-8-28/h2-6,17,21-22,27-28H,7-16,18-20H2,1H3,(H2,39,45)(H,40,47)(H,41,46). The third kappa shape index (κ3) is 7.12. The lowest BCUT2D eigenvalue weighted by Crippen LogP contribution is -2.51. The van der Waals surface area contributed by atoms with Crippen LogP contribution in [0.25, 0.3) is 22.0 Å². The number of aromatic nitrogens is 2. The minimum absolute atomic E-state index is 0.0188. The number of primary amides is 1. The van der Waals surface area contributed by atoms with Crippen LogP contribution < -0.4 is 16.4 Å². The molecule has 258 valence electrons. The first-order valence-electron chi connectivity index (χ1n) is 17.2. The minimum Gasteiger partial charge on any atom is -0.381 e. The molecular weight excluding hydrogens is 660 g/mol. The molecule has 2 aromatic carbocycles. The largest absolute Gasteiger partial charge is 0.381 e. The second-order valence-electron chi connectivity index (χ2n) is 13.9. The van der Waals surface area contributed by atoms with Gasteiger partial charge in [-0.05, 0) is 87.2 Å². The van der Waals surface area contributed by atoms with E-state index in [1.807, 2.05) is 36.6 Å². The van der Waals surface area contributed by atoms with Crippen molar-refractivity contribution in [1.82, 2.24) is 25.1 Å². The summed E-state index contributed by atoms with van der Waals surface area (Å²) in [6, 6.07) is 11.7. The second-order valence-corrected chi connectivity index (χ2v) is 15.1. The molecule has 12 heteroatoms. The van der Waals surface area contributed by atoms with Gasteiger partial charge in [0.15, 0.2) is 5.01 Å². The van der Waals surface area contributed by atoms with Gasteiger partial charge in [-0.15, -0.1) is 11.3 Å². The lowest BCUT2D eigenvalue weighted by atomic mass is 9.57.